The number of rotatable bonds is 7. The van der Waals surface area contributed by atoms with Gasteiger partial charge in [-0.2, -0.15) is 0 Å². The van der Waals surface area contributed by atoms with Crippen LogP contribution in [0.5, 0.6) is 0 Å². The first-order valence-electron chi connectivity index (χ1n) is 7.18. The van der Waals surface area contributed by atoms with Crippen LogP contribution in [-0.2, 0) is 5.75 Å². The number of thioether (sulfide) groups is 1. The molecular formula is C16H20N2O2S2. The van der Waals surface area contributed by atoms with Crippen molar-refractivity contribution in [2.24, 2.45) is 0 Å². The third kappa shape index (κ3) is 4.83. The van der Waals surface area contributed by atoms with E-state index in [9.17, 15) is 4.79 Å². The number of carbonyl (C=O) groups is 1. The van der Waals surface area contributed by atoms with Crippen molar-refractivity contribution in [3.63, 3.8) is 0 Å². The third-order valence-corrected chi connectivity index (χ3v) is 5.43. The number of aryl methyl sites for hydroxylation is 1. The fraction of sp³-hybridized carbons (Fsp3) is 0.375. The molecule has 0 saturated carbocycles. The second-order valence-electron chi connectivity index (χ2n) is 5.00. The number of aliphatic hydroxyl groups is 1. The summed E-state index contributed by atoms with van der Waals surface area (Å²) >= 11 is 3.35. The Morgan fingerprint density at radius 3 is 2.68 bits per heavy atom. The van der Waals surface area contributed by atoms with E-state index in [1.807, 2.05) is 43.5 Å². The molecule has 1 atom stereocenters. The number of hydrogen-bond donors (Lipinski definition) is 2. The summed E-state index contributed by atoms with van der Waals surface area (Å²) in [6.45, 7) is 3.88. The number of aromatic nitrogens is 1. The van der Waals surface area contributed by atoms with Crippen LogP contribution in [0.4, 0.5) is 0 Å². The molecule has 0 bridgehead atoms. The van der Waals surface area contributed by atoms with Crippen LogP contribution in [0.25, 0.3) is 0 Å². The fourth-order valence-electron chi connectivity index (χ4n) is 1.84. The van der Waals surface area contributed by atoms with Crippen LogP contribution in [-0.4, -0.2) is 28.6 Å². The number of carbonyl (C=O) groups excluding carboxylic acids is 1. The molecule has 2 rings (SSSR count). The Labute approximate surface area is 139 Å². The van der Waals surface area contributed by atoms with E-state index in [1.165, 1.54) is 0 Å². The minimum atomic E-state index is -0.184. The summed E-state index contributed by atoms with van der Waals surface area (Å²) in [7, 11) is 0. The molecule has 1 aromatic carbocycles. The zero-order valence-corrected chi connectivity index (χ0v) is 14.3. The minimum absolute atomic E-state index is 0.0375. The van der Waals surface area contributed by atoms with Crippen molar-refractivity contribution in [2.75, 3.05) is 6.61 Å². The Morgan fingerprint density at radius 2 is 2.14 bits per heavy atom. The summed E-state index contributed by atoms with van der Waals surface area (Å²) in [4.78, 5) is 16.4. The number of nitrogens with one attached hydrogen (secondary N) is 1. The summed E-state index contributed by atoms with van der Waals surface area (Å²) in [6.07, 6.45) is 0.712. The summed E-state index contributed by atoms with van der Waals surface area (Å²) < 4.78 is 1.06. The molecule has 22 heavy (non-hydrogen) atoms. The molecule has 1 aromatic heterocycles. The van der Waals surface area contributed by atoms with Crippen LogP contribution in [0, 0.1) is 6.92 Å². The van der Waals surface area contributed by atoms with E-state index < -0.39 is 0 Å². The highest BCUT2D eigenvalue weighted by atomic mass is 32.2. The molecule has 4 nitrogen and oxygen atoms in total. The van der Waals surface area contributed by atoms with E-state index in [2.05, 4.69) is 10.3 Å². The van der Waals surface area contributed by atoms with Crippen LogP contribution in [0.1, 0.15) is 35.0 Å². The topological polar surface area (TPSA) is 62.2 Å². The average Bonchev–Trinajstić information content (AvgIpc) is 2.96. The zero-order chi connectivity index (χ0) is 15.9. The monoisotopic (exact) mass is 336 g/mol. The van der Waals surface area contributed by atoms with Crippen LogP contribution in [0.3, 0.4) is 0 Å². The molecule has 0 fully saturated rings. The average molecular weight is 336 g/mol. The lowest BCUT2D eigenvalue weighted by Crippen LogP contribution is -2.36. The predicted molar refractivity (Wildman–Crippen MR) is 91.5 cm³/mol. The van der Waals surface area contributed by atoms with E-state index >= 15 is 0 Å². The standard InChI is InChI=1S/C16H20N2O2S2/c1-3-14(8-19)18-15(20)13-6-4-12(5-7-13)10-22-16-17-11(2)9-21-16/h4-7,9,14,19H,3,8,10H2,1-2H3,(H,18,20). The zero-order valence-electron chi connectivity index (χ0n) is 12.7. The lowest BCUT2D eigenvalue weighted by molar-refractivity contribution is 0.0915. The van der Waals surface area contributed by atoms with Crippen molar-refractivity contribution >= 4 is 29.0 Å². The second-order valence-corrected chi connectivity index (χ2v) is 7.08. The van der Waals surface area contributed by atoms with Gasteiger partial charge in [0, 0.05) is 22.4 Å². The largest absolute Gasteiger partial charge is 0.394 e. The van der Waals surface area contributed by atoms with Gasteiger partial charge in [-0.3, -0.25) is 4.79 Å². The fourth-order valence-corrected chi connectivity index (χ4v) is 3.65. The molecule has 118 valence electrons. The molecule has 2 aromatic rings. The first-order chi connectivity index (χ1) is 10.6. The first-order valence-corrected chi connectivity index (χ1v) is 9.04. The molecule has 2 N–H and O–H groups in total. The molecule has 0 aliphatic heterocycles. The van der Waals surface area contributed by atoms with Crippen molar-refractivity contribution in [3.8, 4) is 0 Å². The maximum Gasteiger partial charge on any atom is 0.251 e. The highest BCUT2D eigenvalue weighted by molar-refractivity contribution is 8.00. The molecule has 0 spiro atoms. The van der Waals surface area contributed by atoms with Gasteiger partial charge in [-0.1, -0.05) is 30.8 Å². The predicted octanol–water partition coefficient (Wildman–Crippen LogP) is 3.24. The molecule has 1 amide bonds. The van der Waals surface area contributed by atoms with Crippen LogP contribution >= 0.6 is 23.1 Å². The smallest absolute Gasteiger partial charge is 0.251 e. The van der Waals surface area contributed by atoms with Gasteiger partial charge < -0.3 is 10.4 Å². The molecule has 0 radical (unpaired) electrons. The summed E-state index contributed by atoms with van der Waals surface area (Å²) in [5, 5.41) is 14.0. The number of aliphatic hydroxyl groups excluding tert-OH is 1. The molecule has 0 saturated heterocycles. The Kier molecular flexibility index (Phi) is 6.42. The Bertz CT molecular complexity index is 607. The molecule has 0 aliphatic carbocycles. The van der Waals surface area contributed by atoms with Crippen molar-refractivity contribution < 1.29 is 9.90 Å². The molecule has 0 aliphatic rings. The van der Waals surface area contributed by atoms with Crippen molar-refractivity contribution in [2.45, 2.75) is 36.4 Å². The van der Waals surface area contributed by atoms with Gasteiger partial charge in [0.25, 0.3) is 5.91 Å². The number of thiazole rings is 1. The minimum Gasteiger partial charge on any atom is -0.394 e. The van der Waals surface area contributed by atoms with Crippen LogP contribution in [0.2, 0.25) is 0 Å². The number of benzene rings is 1. The SMILES string of the molecule is CCC(CO)NC(=O)c1ccc(CSc2nc(C)cs2)cc1. The van der Waals surface area contributed by atoms with Gasteiger partial charge in [-0.25, -0.2) is 4.98 Å². The molecular weight excluding hydrogens is 316 g/mol. The second kappa shape index (κ2) is 8.31. The number of nitrogens with zero attached hydrogens (tertiary/aromatic N) is 1. The van der Waals surface area contributed by atoms with Gasteiger partial charge in [0.2, 0.25) is 0 Å². The van der Waals surface area contributed by atoms with Crippen molar-refractivity contribution in [1.82, 2.24) is 10.3 Å². The Morgan fingerprint density at radius 1 is 1.41 bits per heavy atom. The first kappa shape index (κ1) is 17.0. The van der Waals surface area contributed by atoms with Crippen molar-refractivity contribution in [3.05, 3.63) is 46.5 Å². The summed E-state index contributed by atoms with van der Waals surface area (Å²) in [6, 6.07) is 7.38. The summed E-state index contributed by atoms with van der Waals surface area (Å²) in [5.41, 5.74) is 2.82. The quantitative estimate of drug-likeness (QED) is 0.762. The Hall–Kier alpha value is -1.37. The van der Waals surface area contributed by atoms with Gasteiger partial charge in [0.05, 0.1) is 12.6 Å². The molecule has 1 heterocycles. The van der Waals surface area contributed by atoms with E-state index in [0.717, 1.165) is 21.3 Å². The van der Waals surface area contributed by atoms with Gasteiger partial charge >= 0.3 is 0 Å². The van der Waals surface area contributed by atoms with E-state index in [4.69, 9.17) is 5.11 Å². The maximum atomic E-state index is 12.0. The third-order valence-electron chi connectivity index (χ3n) is 3.22. The number of hydrogen-bond acceptors (Lipinski definition) is 5. The highest BCUT2D eigenvalue weighted by Gasteiger charge is 2.11. The normalized spacial score (nSPS) is 12.1. The van der Waals surface area contributed by atoms with E-state index in [-0.39, 0.29) is 18.6 Å². The molecule has 1 unspecified atom stereocenters. The maximum absolute atomic E-state index is 12.0. The van der Waals surface area contributed by atoms with Gasteiger partial charge in [-0.15, -0.1) is 11.3 Å². The van der Waals surface area contributed by atoms with Crippen molar-refractivity contribution in [1.29, 1.82) is 0 Å². The highest BCUT2D eigenvalue weighted by Crippen LogP contribution is 2.26. The lowest BCUT2D eigenvalue weighted by Gasteiger charge is -2.14. The van der Waals surface area contributed by atoms with Crippen LogP contribution in [0.15, 0.2) is 34.0 Å². The van der Waals surface area contributed by atoms with Gasteiger partial charge in [-0.05, 0) is 31.0 Å². The molecule has 6 heteroatoms. The van der Waals surface area contributed by atoms with Gasteiger partial charge in [0.15, 0.2) is 0 Å². The van der Waals surface area contributed by atoms with E-state index in [1.54, 1.807) is 23.1 Å². The van der Waals surface area contributed by atoms with Crippen LogP contribution < -0.4 is 5.32 Å². The van der Waals surface area contributed by atoms with Gasteiger partial charge in [0.1, 0.15) is 4.34 Å². The summed E-state index contributed by atoms with van der Waals surface area (Å²) in [5.74, 6) is 0.693. The Balaban J connectivity index is 1.90. The lowest BCUT2D eigenvalue weighted by atomic mass is 10.1. The number of amides is 1. The van der Waals surface area contributed by atoms with E-state index in [0.29, 0.717) is 12.0 Å².